The molecule has 1 aromatic carbocycles. The van der Waals surface area contributed by atoms with Gasteiger partial charge in [-0.05, 0) is 18.2 Å². The van der Waals surface area contributed by atoms with Crippen LogP contribution >= 0.6 is 24.0 Å². The van der Waals surface area contributed by atoms with Crippen molar-refractivity contribution in [3.63, 3.8) is 0 Å². The summed E-state index contributed by atoms with van der Waals surface area (Å²) in [6.45, 7) is 6.22. The van der Waals surface area contributed by atoms with Crippen LogP contribution in [0.3, 0.4) is 0 Å². The standard InChI is InChI=1S/C12H14F4N2OS2/c1-6(2)20-18-4-3-5-19-21-12-9(15)7(13)11(17)8(14)10(12)16/h18H,1,3-5,17H2,2H3. The van der Waals surface area contributed by atoms with E-state index < -0.39 is 33.9 Å². The van der Waals surface area contributed by atoms with Gasteiger partial charge in [-0.15, -0.1) is 0 Å². The van der Waals surface area contributed by atoms with Crippen LogP contribution in [0.1, 0.15) is 13.3 Å². The van der Waals surface area contributed by atoms with E-state index in [1.165, 1.54) is 11.9 Å². The minimum absolute atomic E-state index is 0.140. The highest BCUT2D eigenvalue weighted by Crippen LogP contribution is 2.33. The normalized spacial score (nSPS) is 10.9. The van der Waals surface area contributed by atoms with Gasteiger partial charge in [0, 0.05) is 18.6 Å². The largest absolute Gasteiger partial charge is 0.394 e. The van der Waals surface area contributed by atoms with Crippen LogP contribution in [-0.2, 0) is 4.18 Å². The molecule has 0 fully saturated rings. The molecule has 0 aromatic heterocycles. The van der Waals surface area contributed by atoms with E-state index in [4.69, 9.17) is 9.92 Å². The molecular weight excluding hydrogens is 328 g/mol. The van der Waals surface area contributed by atoms with Gasteiger partial charge in [0.05, 0.1) is 6.61 Å². The van der Waals surface area contributed by atoms with Gasteiger partial charge in [-0.25, -0.2) is 17.6 Å². The van der Waals surface area contributed by atoms with Crippen LogP contribution in [0.5, 0.6) is 0 Å². The lowest BCUT2D eigenvalue weighted by Gasteiger charge is -2.09. The molecule has 118 valence electrons. The van der Waals surface area contributed by atoms with Crippen molar-refractivity contribution in [2.45, 2.75) is 18.2 Å². The lowest BCUT2D eigenvalue weighted by molar-refractivity contribution is 0.358. The van der Waals surface area contributed by atoms with Crippen LogP contribution in [0.2, 0.25) is 0 Å². The molecule has 0 heterocycles. The number of hydrogen-bond acceptors (Lipinski definition) is 5. The quantitative estimate of drug-likeness (QED) is 0.187. The molecule has 0 spiro atoms. The molecule has 0 amide bonds. The van der Waals surface area contributed by atoms with Crippen molar-refractivity contribution in [3.05, 3.63) is 34.8 Å². The zero-order valence-corrected chi connectivity index (χ0v) is 12.8. The molecule has 0 saturated heterocycles. The van der Waals surface area contributed by atoms with E-state index in [-0.39, 0.29) is 18.6 Å². The molecule has 0 aliphatic carbocycles. The molecular formula is C12H14F4N2OS2. The zero-order chi connectivity index (χ0) is 16.0. The number of nitrogens with one attached hydrogen (secondary N) is 1. The fraction of sp³-hybridized carbons (Fsp3) is 0.333. The lowest BCUT2D eigenvalue weighted by atomic mass is 10.2. The molecule has 21 heavy (non-hydrogen) atoms. The Hall–Kier alpha value is -0.900. The van der Waals surface area contributed by atoms with Gasteiger partial charge in [0.2, 0.25) is 0 Å². The van der Waals surface area contributed by atoms with Crippen LogP contribution in [0, 0.1) is 23.3 Å². The first-order valence-corrected chi connectivity index (χ1v) is 7.38. The van der Waals surface area contributed by atoms with Crippen LogP contribution in [0.15, 0.2) is 16.4 Å². The van der Waals surface area contributed by atoms with Gasteiger partial charge in [-0.3, -0.25) is 4.72 Å². The summed E-state index contributed by atoms with van der Waals surface area (Å²) in [4.78, 5) is 0.00531. The summed E-state index contributed by atoms with van der Waals surface area (Å²) < 4.78 is 61.1. The average molecular weight is 342 g/mol. The van der Waals surface area contributed by atoms with Crippen molar-refractivity contribution in [2.24, 2.45) is 0 Å². The van der Waals surface area contributed by atoms with Crippen molar-refractivity contribution in [1.29, 1.82) is 0 Å². The van der Waals surface area contributed by atoms with E-state index >= 15 is 0 Å². The Labute approximate surface area is 128 Å². The highest BCUT2D eigenvalue weighted by molar-refractivity contribution is 8.01. The summed E-state index contributed by atoms with van der Waals surface area (Å²) >= 11 is 1.59. The molecule has 0 atom stereocenters. The first-order chi connectivity index (χ1) is 9.86. The predicted molar refractivity (Wildman–Crippen MR) is 77.5 cm³/mol. The molecule has 1 rings (SSSR count). The van der Waals surface area contributed by atoms with Gasteiger partial charge < -0.3 is 9.92 Å². The molecule has 0 bridgehead atoms. The van der Waals surface area contributed by atoms with E-state index in [9.17, 15) is 17.6 Å². The second-order valence-electron chi connectivity index (χ2n) is 3.96. The van der Waals surface area contributed by atoms with Gasteiger partial charge in [0.1, 0.15) is 10.6 Å². The number of nitrogen functional groups attached to an aromatic ring is 1. The van der Waals surface area contributed by atoms with Crippen molar-refractivity contribution in [1.82, 2.24) is 4.72 Å². The third-order valence-electron chi connectivity index (χ3n) is 2.15. The fourth-order valence-corrected chi connectivity index (χ4v) is 2.32. The minimum atomic E-state index is -1.63. The van der Waals surface area contributed by atoms with E-state index in [1.54, 1.807) is 0 Å². The maximum atomic E-state index is 13.4. The molecule has 3 N–H and O–H groups in total. The third kappa shape index (κ3) is 5.10. The van der Waals surface area contributed by atoms with E-state index in [0.717, 1.165) is 4.91 Å². The number of anilines is 1. The molecule has 0 saturated carbocycles. The fourth-order valence-electron chi connectivity index (χ4n) is 1.18. The number of benzene rings is 1. The second-order valence-corrected chi connectivity index (χ2v) is 5.96. The van der Waals surface area contributed by atoms with Gasteiger partial charge in [-0.2, -0.15) is 0 Å². The maximum Gasteiger partial charge on any atom is 0.186 e. The number of rotatable bonds is 8. The monoisotopic (exact) mass is 342 g/mol. The predicted octanol–water partition coefficient (Wildman–Crippen LogP) is 4.01. The van der Waals surface area contributed by atoms with Crippen LogP contribution in [0.4, 0.5) is 23.2 Å². The van der Waals surface area contributed by atoms with Crippen molar-refractivity contribution in [2.75, 3.05) is 18.9 Å². The number of nitrogens with two attached hydrogens (primary N) is 1. The second kappa shape index (κ2) is 8.52. The van der Waals surface area contributed by atoms with Gasteiger partial charge in [-0.1, -0.05) is 18.5 Å². The summed E-state index contributed by atoms with van der Waals surface area (Å²) in [6, 6.07) is 0. The Morgan fingerprint density at radius 1 is 1.19 bits per heavy atom. The molecule has 1 aromatic rings. The summed E-state index contributed by atoms with van der Waals surface area (Å²) in [5.41, 5.74) is 3.70. The molecule has 3 nitrogen and oxygen atoms in total. The lowest BCUT2D eigenvalue weighted by Crippen LogP contribution is -2.08. The van der Waals surface area contributed by atoms with Crippen molar-refractivity contribution in [3.8, 4) is 0 Å². The summed E-state index contributed by atoms with van der Waals surface area (Å²) in [6.07, 6.45) is 0.538. The van der Waals surface area contributed by atoms with Crippen LogP contribution in [-0.4, -0.2) is 13.2 Å². The topological polar surface area (TPSA) is 47.3 Å². The van der Waals surface area contributed by atoms with E-state index in [2.05, 4.69) is 11.3 Å². The Morgan fingerprint density at radius 3 is 2.29 bits per heavy atom. The maximum absolute atomic E-state index is 13.4. The summed E-state index contributed by atoms with van der Waals surface area (Å²) in [7, 11) is 0. The first-order valence-electron chi connectivity index (χ1n) is 5.82. The first kappa shape index (κ1) is 18.1. The Kier molecular flexibility index (Phi) is 7.36. The Balaban J connectivity index is 2.48. The number of halogens is 4. The third-order valence-corrected chi connectivity index (χ3v) is 3.66. The Morgan fingerprint density at radius 2 is 1.76 bits per heavy atom. The zero-order valence-electron chi connectivity index (χ0n) is 11.1. The average Bonchev–Trinajstić information content (AvgIpc) is 2.45. The van der Waals surface area contributed by atoms with Gasteiger partial charge in [0.25, 0.3) is 0 Å². The highest BCUT2D eigenvalue weighted by atomic mass is 32.2. The van der Waals surface area contributed by atoms with E-state index in [0.29, 0.717) is 13.0 Å². The van der Waals surface area contributed by atoms with Crippen LogP contribution in [0.25, 0.3) is 0 Å². The Bertz CT molecular complexity index is 499. The highest BCUT2D eigenvalue weighted by Gasteiger charge is 2.24. The summed E-state index contributed by atoms with van der Waals surface area (Å²) in [5.74, 6) is -6.38. The SMILES string of the molecule is C=C(C)SNCCCOSc1c(F)c(F)c(N)c(F)c1F. The van der Waals surface area contributed by atoms with Gasteiger partial charge in [0.15, 0.2) is 23.3 Å². The molecule has 0 unspecified atom stereocenters. The van der Waals surface area contributed by atoms with Crippen LogP contribution < -0.4 is 10.5 Å². The molecule has 0 radical (unpaired) electrons. The van der Waals surface area contributed by atoms with Crippen molar-refractivity contribution < 1.29 is 21.7 Å². The smallest absolute Gasteiger partial charge is 0.186 e. The molecule has 0 aliphatic rings. The van der Waals surface area contributed by atoms with Crippen molar-refractivity contribution >= 4 is 29.7 Å². The minimum Gasteiger partial charge on any atom is -0.394 e. The van der Waals surface area contributed by atoms with E-state index in [1.807, 2.05) is 6.92 Å². The van der Waals surface area contributed by atoms with Gasteiger partial charge >= 0.3 is 0 Å². The number of allylic oxidation sites excluding steroid dienone is 1. The molecule has 0 aliphatic heterocycles. The molecule has 9 heteroatoms. The summed E-state index contributed by atoms with van der Waals surface area (Å²) in [5, 5.41) is 0. The number of hydrogen-bond donors (Lipinski definition) is 2.